The minimum Gasteiger partial charge on any atom is -0.450 e. The molecule has 0 aliphatic carbocycles. The molecule has 1 unspecified atom stereocenters. The first-order valence-corrected chi connectivity index (χ1v) is 10.4. The van der Waals surface area contributed by atoms with Gasteiger partial charge in [0, 0.05) is 12.1 Å². The molecule has 1 aliphatic heterocycles. The molecule has 1 N–H and O–H groups in total. The van der Waals surface area contributed by atoms with E-state index < -0.39 is 41.3 Å². The summed E-state index contributed by atoms with van der Waals surface area (Å²) in [5, 5.41) is 2.88. The van der Waals surface area contributed by atoms with Crippen molar-refractivity contribution >= 4 is 18.0 Å². The molecule has 1 aromatic rings. The van der Waals surface area contributed by atoms with E-state index in [1.165, 1.54) is 4.90 Å². The molecule has 0 bridgehead atoms. The van der Waals surface area contributed by atoms with Gasteiger partial charge in [-0.3, -0.25) is 9.59 Å². The summed E-state index contributed by atoms with van der Waals surface area (Å²) in [6, 6.07) is 8.64. The molecular weight excluding hydrogens is 384 g/mol. The first-order chi connectivity index (χ1) is 13.9. The third kappa shape index (κ3) is 7.35. The number of nitrogens with one attached hydrogen (secondary N) is 1. The van der Waals surface area contributed by atoms with Gasteiger partial charge < -0.3 is 19.7 Å². The Morgan fingerprint density at radius 3 is 2.30 bits per heavy atom. The van der Waals surface area contributed by atoms with Crippen molar-refractivity contribution < 1.29 is 23.9 Å². The average Bonchev–Trinajstić information content (AvgIpc) is 3.07. The summed E-state index contributed by atoms with van der Waals surface area (Å²) in [5.74, 6) is -0.921. The Hall–Kier alpha value is -2.57. The maximum atomic E-state index is 13.0. The predicted octanol–water partition coefficient (Wildman–Crippen LogP) is 3.46. The fraction of sp³-hybridized carbons (Fsp3) is 0.609. The molecular formula is C23H34N2O5. The van der Waals surface area contributed by atoms with Crippen LogP contribution in [0, 0.1) is 0 Å². The van der Waals surface area contributed by atoms with Crippen molar-refractivity contribution in [1.82, 2.24) is 10.2 Å². The fourth-order valence-electron chi connectivity index (χ4n) is 3.35. The molecule has 0 aromatic heterocycles. The molecule has 0 spiro atoms. The lowest BCUT2D eigenvalue weighted by Crippen LogP contribution is -2.55. The van der Waals surface area contributed by atoms with Gasteiger partial charge in [0.05, 0.1) is 12.5 Å². The summed E-state index contributed by atoms with van der Waals surface area (Å²) >= 11 is 0. The maximum absolute atomic E-state index is 13.0. The van der Waals surface area contributed by atoms with Gasteiger partial charge in [0.2, 0.25) is 0 Å². The highest BCUT2D eigenvalue weighted by molar-refractivity contribution is 5.86. The number of nitrogens with zero attached hydrogens (tertiary/aromatic N) is 1. The van der Waals surface area contributed by atoms with E-state index >= 15 is 0 Å². The topological polar surface area (TPSA) is 84.9 Å². The molecule has 1 heterocycles. The number of ether oxygens (including phenoxy) is 2. The molecule has 30 heavy (non-hydrogen) atoms. The summed E-state index contributed by atoms with van der Waals surface area (Å²) in [6.45, 7) is 11.4. The quantitative estimate of drug-likeness (QED) is 0.741. The highest BCUT2D eigenvalue weighted by Crippen LogP contribution is 2.25. The summed E-state index contributed by atoms with van der Waals surface area (Å²) in [6.07, 6.45) is -0.285. The van der Waals surface area contributed by atoms with Crippen molar-refractivity contribution in [3.8, 4) is 0 Å². The molecule has 7 nitrogen and oxygen atoms in total. The van der Waals surface area contributed by atoms with E-state index in [1.54, 1.807) is 20.8 Å². The van der Waals surface area contributed by atoms with Crippen LogP contribution in [0.1, 0.15) is 59.9 Å². The van der Waals surface area contributed by atoms with Crippen LogP contribution in [-0.2, 0) is 25.5 Å². The van der Waals surface area contributed by atoms with Gasteiger partial charge in [0.25, 0.3) is 5.91 Å². The third-order valence-electron chi connectivity index (χ3n) is 4.48. The van der Waals surface area contributed by atoms with Crippen LogP contribution in [0.5, 0.6) is 0 Å². The van der Waals surface area contributed by atoms with E-state index in [9.17, 15) is 14.4 Å². The molecule has 1 saturated heterocycles. The monoisotopic (exact) mass is 418 g/mol. The lowest BCUT2D eigenvalue weighted by atomic mass is 10.0. The number of benzene rings is 1. The molecule has 2 atom stereocenters. The largest absolute Gasteiger partial charge is 0.450 e. The van der Waals surface area contributed by atoms with Crippen LogP contribution in [-0.4, -0.2) is 52.7 Å². The van der Waals surface area contributed by atoms with Crippen molar-refractivity contribution in [2.24, 2.45) is 0 Å². The van der Waals surface area contributed by atoms with Crippen LogP contribution < -0.4 is 5.32 Å². The number of amides is 2. The van der Waals surface area contributed by atoms with Crippen LogP contribution in [0.15, 0.2) is 30.3 Å². The molecule has 2 amide bonds. The van der Waals surface area contributed by atoms with Crippen LogP contribution in [0.2, 0.25) is 0 Å². The lowest BCUT2D eigenvalue weighted by molar-refractivity contribution is -0.159. The highest BCUT2D eigenvalue weighted by atomic mass is 16.6. The van der Waals surface area contributed by atoms with Crippen molar-refractivity contribution in [2.75, 3.05) is 6.54 Å². The summed E-state index contributed by atoms with van der Waals surface area (Å²) in [5.41, 5.74) is -0.360. The minimum absolute atomic E-state index is 0.0549. The smallest absolute Gasteiger partial charge is 0.410 e. The Labute approximate surface area is 179 Å². The van der Waals surface area contributed by atoms with Crippen LogP contribution >= 0.6 is 0 Å². The first kappa shape index (κ1) is 23.7. The highest BCUT2D eigenvalue weighted by Gasteiger charge is 2.43. The molecule has 0 saturated carbocycles. The van der Waals surface area contributed by atoms with E-state index in [1.807, 2.05) is 51.1 Å². The lowest BCUT2D eigenvalue weighted by Gasteiger charge is -2.33. The van der Waals surface area contributed by atoms with Crippen molar-refractivity contribution in [3.05, 3.63) is 35.9 Å². The zero-order valence-corrected chi connectivity index (χ0v) is 18.9. The number of carbonyl (C=O) groups excluding carboxylic acids is 3. The van der Waals surface area contributed by atoms with E-state index in [0.717, 1.165) is 5.56 Å². The Morgan fingerprint density at radius 2 is 1.73 bits per heavy atom. The van der Waals surface area contributed by atoms with Crippen LogP contribution in [0.3, 0.4) is 0 Å². The number of esters is 1. The number of carbonyl (C=O) groups is 3. The Morgan fingerprint density at radius 1 is 1.10 bits per heavy atom. The molecule has 2 rings (SSSR count). The molecule has 166 valence electrons. The summed E-state index contributed by atoms with van der Waals surface area (Å²) in [4.78, 5) is 39.8. The van der Waals surface area contributed by atoms with Gasteiger partial charge in [-0.05, 0) is 59.9 Å². The van der Waals surface area contributed by atoms with Gasteiger partial charge in [-0.15, -0.1) is 0 Å². The average molecular weight is 419 g/mol. The van der Waals surface area contributed by atoms with Crippen LogP contribution in [0.4, 0.5) is 4.79 Å². The van der Waals surface area contributed by atoms with E-state index in [0.29, 0.717) is 19.4 Å². The third-order valence-corrected chi connectivity index (χ3v) is 4.48. The first-order valence-electron chi connectivity index (χ1n) is 10.4. The predicted molar refractivity (Wildman–Crippen MR) is 114 cm³/mol. The van der Waals surface area contributed by atoms with E-state index in [-0.39, 0.29) is 6.42 Å². The molecule has 1 fully saturated rings. The SMILES string of the molecule is CC(C)(C)NC(=O)C(OC(=O)Cc1ccccc1)[C@@H]1CCCN1C(=O)OC(C)(C)C. The van der Waals surface area contributed by atoms with Crippen molar-refractivity contribution in [2.45, 2.75) is 84.1 Å². The second-order valence-electron chi connectivity index (χ2n) is 9.70. The number of likely N-dealkylation sites (tertiary alicyclic amines) is 1. The number of hydrogen-bond acceptors (Lipinski definition) is 5. The van der Waals surface area contributed by atoms with Crippen LogP contribution in [0.25, 0.3) is 0 Å². The Kier molecular flexibility index (Phi) is 7.50. The normalized spacial score (nSPS) is 17.9. The summed E-state index contributed by atoms with van der Waals surface area (Å²) in [7, 11) is 0. The van der Waals surface area contributed by atoms with E-state index in [4.69, 9.17) is 9.47 Å². The van der Waals surface area contributed by atoms with Gasteiger partial charge >= 0.3 is 12.1 Å². The van der Waals surface area contributed by atoms with Gasteiger partial charge in [-0.2, -0.15) is 0 Å². The van der Waals surface area contributed by atoms with Gasteiger partial charge in [0.15, 0.2) is 6.10 Å². The van der Waals surface area contributed by atoms with Gasteiger partial charge in [-0.25, -0.2) is 4.79 Å². The standard InChI is InChI=1S/C23H34N2O5/c1-22(2,3)24-20(27)19(29-18(26)15-16-11-8-7-9-12-16)17-13-10-14-25(17)21(28)30-23(4,5)6/h7-9,11-12,17,19H,10,13-15H2,1-6H3,(H,24,27)/t17-,19?/m0/s1. The summed E-state index contributed by atoms with van der Waals surface area (Å²) < 4.78 is 11.2. The van der Waals surface area contributed by atoms with Gasteiger partial charge in [0.1, 0.15) is 5.60 Å². The van der Waals surface area contributed by atoms with Crippen molar-refractivity contribution in [3.63, 3.8) is 0 Å². The maximum Gasteiger partial charge on any atom is 0.410 e. The van der Waals surface area contributed by atoms with E-state index in [2.05, 4.69) is 5.32 Å². The molecule has 1 aromatic carbocycles. The molecule has 7 heteroatoms. The Balaban J connectivity index is 2.20. The number of hydrogen-bond donors (Lipinski definition) is 1. The zero-order chi connectivity index (χ0) is 22.5. The second-order valence-corrected chi connectivity index (χ2v) is 9.70. The minimum atomic E-state index is -1.10. The fourth-order valence-corrected chi connectivity index (χ4v) is 3.35. The molecule has 1 aliphatic rings. The Bertz CT molecular complexity index is 749. The zero-order valence-electron chi connectivity index (χ0n) is 18.9. The van der Waals surface area contributed by atoms with Gasteiger partial charge in [-0.1, -0.05) is 30.3 Å². The second kappa shape index (κ2) is 9.49. The van der Waals surface area contributed by atoms with Crippen molar-refractivity contribution in [1.29, 1.82) is 0 Å². The number of rotatable bonds is 5. The molecule has 0 radical (unpaired) electrons.